The first-order valence-corrected chi connectivity index (χ1v) is 6.77. The van der Waals surface area contributed by atoms with E-state index in [1.165, 1.54) is 0 Å². The van der Waals surface area contributed by atoms with Gasteiger partial charge in [-0.15, -0.1) is 0 Å². The maximum absolute atomic E-state index is 5.23. The standard InChI is InChI=1S/C15H20N4O/c1-4-13-14(16-5-2)17-10-18-15(13)19-11-7-6-8-12(9-11)20-3/h6-10H,4-5H2,1-3H3,(H2,16,17,18,19). The van der Waals surface area contributed by atoms with Crippen molar-refractivity contribution >= 4 is 17.3 Å². The highest BCUT2D eigenvalue weighted by Crippen LogP contribution is 2.25. The van der Waals surface area contributed by atoms with Crippen molar-refractivity contribution in [2.24, 2.45) is 0 Å². The minimum absolute atomic E-state index is 0.814. The molecule has 5 nitrogen and oxygen atoms in total. The van der Waals surface area contributed by atoms with Crippen molar-refractivity contribution in [1.82, 2.24) is 9.97 Å². The zero-order valence-electron chi connectivity index (χ0n) is 12.1. The number of nitrogens with zero attached hydrogens (tertiary/aromatic N) is 2. The summed E-state index contributed by atoms with van der Waals surface area (Å²) in [4.78, 5) is 8.63. The van der Waals surface area contributed by atoms with Crippen LogP contribution in [0.1, 0.15) is 19.4 Å². The fourth-order valence-electron chi connectivity index (χ4n) is 2.01. The molecule has 20 heavy (non-hydrogen) atoms. The van der Waals surface area contributed by atoms with Crippen LogP contribution in [0, 0.1) is 0 Å². The monoisotopic (exact) mass is 272 g/mol. The van der Waals surface area contributed by atoms with Crippen molar-refractivity contribution < 1.29 is 4.74 Å². The number of nitrogens with one attached hydrogen (secondary N) is 2. The molecule has 1 heterocycles. The summed E-state index contributed by atoms with van der Waals surface area (Å²) in [5, 5.41) is 6.59. The van der Waals surface area contributed by atoms with Gasteiger partial charge in [-0.05, 0) is 25.5 Å². The lowest BCUT2D eigenvalue weighted by Gasteiger charge is -2.14. The van der Waals surface area contributed by atoms with Gasteiger partial charge in [0.15, 0.2) is 0 Å². The van der Waals surface area contributed by atoms with Crippen LogP contribution in [0.25, 0.3) is 0 Å². The maximum Gasteiger partial charge on any atom is 0.139 e. The van der Waals surface area contributed by atoms with E-state index < -0.39 is 0 Å². The lowest BCUT2D eigenvalue weighted by atomic mass is 10.2. The van der Waals surface area contributed by atoms with Gasteiger partial charge in [0, 0.05) is 23.9 Å². The highest BCUT2D eigenvalue weighted by Gasteiger charge is 2.09. The van der Waals surface area contributed by atoms with Crippen molar-refractivity contribution in [2.75, 3.05) is 24.3 Å². The van der Waals surface area contributed by atoms with Crippen molar-refractivity contribution in [3.05, 3.63) is 36.2 Å². The smallest absolute Gasteiger partial charge is 0.139 e. The zero-order chi connectivity index (χ0) is 14.4. The average molecular weight is 272 g/mol. The molecule has 1 aromatic carbocycles. The van der Waals surface area contributed by atoms with E-state index in [2.05, 4.69) is 34.4 Å². The van der Waals surface area contributed by atoms with Gasteiger partial charge in [-0.2, -0.15) is 0 Å². The molecule has 0 spiro atoms. The summed E-state index contributed by atoms with van der Waals surface area (Å²) in [7, 11) is 1.66. The fraction of sp³-hybridized carbons (Fsp3) is 0.333. The van der Waals surface area contributed by atoms with E-state index in [0.717, 1.165) is 41.6 Å². The first-order valence-electron chi connectivity index (χ1n) is 6.77. The highest BCUT2D eigenvalue weighted by molar-refractivity contribution is 5.65. The van der Waals surface area contributed by atoms with Gasteiger partial charge in [0.1, 0.15) is 23.7 Å². The molecule has 5 heteroatoms. The molecule has 0 saturated carbocycles. The Kier molecular flexibility index (Phi) is 4.76. The molecule has 0 radical (unpaired) electrons. The molecule has 0 atom stereocenters. The van der Waals surface area contributed by atoms with Crippen molar-refractivity contribution in [1.29, 1.82) is 0 Å². The first-order chi connectivity index (χ1) is 9.78. The molecule has 1 aromatic heterocycles. The Morgan fingerprint density at radius 3 is 2.65 bits per heavy atom. The average Bonchev–Trinajstić information content (AvgIpc) is 2.48. The number of rotatable bonds is 6. The molecule has 0 aliphatic heterocycles. The molecule has 0 aliphatic rings. The van der Waals surface area contributed by atoms with Crippen LogP contribution in [0.4, 0.5) is 17.3 Å². The van der Waals surface area contributed by atoms with Crippen LogP contribution in [-0.4, -0.2) is 23.6 Å². The van der Waals surface area contributed by atoms with Gasteiger partial charge >= 0.3 is 0 Å². The number of methoxy groups -OCH3 is 1. The molecular weight excluding hydrogens is 252 g/mol. The van der Waals surface area contributed by atoms with Crippen molar-refractivity contribution in [3.63, 3.8) is 0 Å². The summed E-state index contributed by atoms with van der Waals surface area (Å²) in [6, 6.07) is 7.78. The van der Waals surface area contributed by atoms with E-state index in [1.54, 1.807) is 13.4 Å². The number of hydrogen-bond donors (Lipinski definition) is 2. The van der Waals surface area contributed by atoms with Crippen LogP contribution >= 0.6 is 0 Å². The predicted molar refractivity (Wildman–Crippen MR) is 81.9 cm³/mol. The number of benzene rings is 1. The van der Waals surface area contributed by atoms with Crippen molar-refractivity contribution in [2.45, 2.75) is 20.3 Å². The molecule has 2 aromatic rings. The topological polar surface area (TPSA) is 59.1 Å². The number of anilines is 3. The number of aromatic nitrogens is 2. The van der Waals surface area contributed by atoms with E-state index in [4.69, 9.17) is 4.74 Å². The number of hydrogen-bond acceptors (Lipinski definition) is 5. The third-order valence-electron chi connectivity index (χ3n) is 2.98. The van der Waals surface area contributed by atoms with Crippen LogP contribution in [-0.2, 0) is 6.42 Å². The van der Waals surface area contributed by atoms with Gasteiger partial charge in [-0.3, -0.25) is 0 Å². The summed E-state index contributed by atoms with van der Waals surface area (Å²) in [6.07, 6.45) is 2.43. The molecule has 2 N–H and O–H groups in total. The molecule has 0 bridgehead atoms. The molecule has 0 unspecified atom stereocenters. The van der Waals surface area contributed by atoms with E-state index in [-0.39, 0.29) is 0 Å². The largest absolute Gasteiger partial charge is 0.497 e. The van der Waals surface area contributed by atoms with Crippen LogP contribution < -0.4 is 15.4 Å². The van der Waals surface area contributed by atoms with Gasteiger partial charge in [0.05, 0.1) is 7.11 Å². The molecule has 106 valence electrons. The third kappa shape index (κ3) is 3.17. The molecule has 0 saturated heterocycles. The van der Waals surface area contributed by atoms with Crippen LogP contribution in [0.3, 0.4) is 0 Å². The summed E-state index contributed by atoms with van der Waals surface area (Å²) in [6.45, 7) is 4.98. The Bertz CT molecular complexity index is 572. The summed E-state index contributed by atoms with van der Waals surface area (Å²) in [5.41, 5.74) is 2.03. The first kappa shape index (κ1) is 14.1. The SMILES string of the molecule is CCNc1ncnc(Nc2cccc(OC)c2)c1CC. The van der Waals surface area contributed by atoms with E-state index in [9.17, 15) is 0 Å². The molecule has 2 rings (SSSR count). The Morgan fingerprint density at radius 1 is 1.15 bits per heavy atom. The zero-order valence-corrected chi connectivity index (χ0v) is 12.1. The maximum atomic E-state index is 5.23. The lowest BCUT2D eigenvalue weighted by molar-refractivity contribution is 0.415. The second-order valence-corrected chi connectivity index (χ2v) is 4.29. The minimum Gasteiger partial charge on any atom is -0.497 e. The van der Waals surface area contributed by atoms with E-state index >= 15 is 0 Å². The van der Waals surface area contributed by atoms with Gasteiger partial charge in [-0.25, -0.2) is 9.97 Å². The Hall–Kier alpha value is -2.30. The third-order valence-corrected chi connectivity index (χ3v) is 2.98. The molecule has 0 fully saturated rings. The Balaban J connectivity index is 2.30. The van der Waals surface area contributed by atoms with Gasteiger partial charge < -0.3 is 15.4 Å². The number of ether oxygens (including phenoxy) is 1. The second-order valence-electron chi connectivity index (χ2n) is 4.29. The highest BCUT2D eigenvalue weighted by atomic mass is 16.5. The molecule has 0 aliphatic carbocycles. The summed E-state index contributed by atoms with van der Waals surface area (Å²) in [5.74, 6) is 2.52. The van der Waals surface area contributed by atoms with Crippen molar-refractivity contribution in [3.8, 4) is 5.75 Å². The predicted octanol–water partition coefficient (Wildman–Crippen LogP) is 3.22. The lowest BCUT2D eigenvalue weighted by Crippen LogP contribution is -2.07. The second kappa shape index (κ2) is 6.75. The van der Waals surface area contributed by atoms with Gasteiger partial charge in [0.25, 0.3) is 0 Å². The molecular formula is C15H20N4O. The van der Waals surface area contributed by atoms with E-state index in [0.29, 0.717) is 0 Å². The minimum atomic E-state index is 0.814. The normalized spacial score (nSPS) is 10.2. The van der Waals surface area contributed by atoms with Crippen LogP contribution in [0.2, 0.25) is 0 Å². The summed E-state index contributed by atoms with van der Waals surface area (Å²) < 4.78 is 5.23. The Labute approximate surface area is 119 Å². The van der Waals surface area contributed by atoms with Crippen LogP contribution in [0.15, 0.2) is 30.6 Å². The fourth-order valence-corrected chi connectivity index (χ4v) is 2.01. The summed E-state index contributed by atoms with van der Waals surface area (Å²) >= 11 is 0. The quantitative estimate of drug-likeness (QED) is 0.845. The van der Waals surface area contributed by atoms with E-state index in [1.807, 2.05) is 24.3 Å². The van der Waals surface area contributed by atoms with Crippen LogP contribution in [0.5, 0.6) is 5.75 Å². The Morgan fingerprint density at radius 2 is 1.95 bits per heavy atom. The van der Waals surface area contributed by atoms with Gasteiger partial charge in [0.2, 0.25) is 0 Å². The van der Waals surface area contributed by atoms with Gasteiger partial charge in [-0.1, -0.05) is 13.0 Å². The molecule has 0 amide bonds.